The third-order valence-corrected chi connectivity index (χ3v) is 6.37. The third-order valence-electron chi connectivity index (χ3n) is 5.17. The first-order chi connectivity index (χ1) is 16.1. The summed E-state index contributed by atoms with van der Waals surface area (Å²) in [4.78, 5) is 38.1. The number of rotatable bonds is 9. The van der Waals surface area contributed by atoms with Crippen LogP contribution in [0.15, 0.2) is 30.3 Å². The second kappa shape index (κ2) is 10.3. The molecule has 0 bridgehead atoms. The first-order valence-electron chi connectivity index (χ1n) is 10.5. The smallest absolute Gasteiger partial charge is 0.441 e. The van der Waals surface area contributed by atoms with Gasteiger partial charge in [0.2, 0.25) is 0 Å². The molecule has 34 heavy (non-hydrogen) atoms. The van der Waals surface area contributed by atoms with Gasteiger partial charge in [0.1, 0.15) is 10.8 Å². The van der Waals surface area contributed by atoms with E-state index in [1.807, 2.05) is 0 Å². The van der Waals surface area contributed by atoms with Crippen LogP contribution in [0.5, 0.6) is 5.75 Å². The molecule has 1 aromatic carbocycles. The summed E-state index contributed by atoms with van der Waals surface area (Å²) in [6.07, 6.45) is -2.75. The van der Waals surface area contributed by atoms with E-state index in [0.29, 0.717) is 23.3 Å². The van der Waals surface area contributed by atoms with Crippen LogP contribution in [0.1, 0.15) is 40.6 Å². The summed E-state index contributed by atoms with van der Waals surface area (Å²) in [5.41, 5.74) is 2.26. The van der Waals surface area contributed by atoms with Crippen LogP contribution >= 0.6 is 11.3 Å². The number of aryl methyl sites for hydroxylation is 1. The van der Waals surface area contributed by atoms with Crippen molar-refractivity contribution in [2.75, 3.05) is 18.5 Å². The second-order valence-electron chi connectivity index (χ2n) is 7.52. The molecule has 0 saturated heterocycles. The first kappa shape index (κ1) is 25.3. The van der Waals surface area contributed by atoms with Crippen molar-refractivity contribution < 1.29 is 37.0 Å². The number of alkyl halides is 3. The second-order valence-corrected chi connectivity index (χ2v) is 8.63. The number of primary amides is 1. The van der Waals surface area contributed by atoms with Crippen LogP contribution < -0.4 is 21.1 Å². The predicted octanol–water partition coefficient (Wildman–Crippen LogP) is 3.15. The number of carbonyl (C=O) groups excluding carboxylic acids is 3. The highest BCUT2D eigenvalue weighted by molar-refractivity contribution is 7.16. The number of ether oxygens (including phenoxy) is 2. The van der Waals surface area contributed by atoms with Crippen molar-refractivity contribution in [3.8, 4) is 5.75 Å². The zero-order valence-corrected chi connectivity index (χ0v) is 19.1. The van der Waals surface area contributed by atoms with Gasteiger partial charge in [-0.15, -0.1) is 11.3 Å². The average Bonchev–Trinajstić information content (AvgIpc) is 3.15. The number of para-hydroxylation sites is 1. The highest BCUT2D eigenvalue weighted by atomic mass is 32.1. The van der Waals surface area contributed by atoms with Crippen LogP contribution in [0.25, 0.3) is 0 Å². The molecule has 0 saturated carbocycles. The standard InChI is InChI=1S/C22H24F3N3O5S/c1-2-32-20(31)21(22(23,24)25,27-16(29)12-33-13-8-4-3-5-9-13)28-19-17(18(26)30)14-10-6-7-11-15(14)34-19/h3-5,8-9,28H,2,6-7,10-12H2,1H3,(H2,26,30)(H,27,29)/t21-/m1/s1. The zero-order chi connectivity index (χ0) is 24.9. The molecular weight excluding hydrogens is 475 g/mol. The molecule has 0 aliphatic heterocycles. The summed E-state index contributed by atoms with van der Waals surface area (Å²) in [7, 11) is 0. The Morgan fingerprint density at radius 3 is 2.41 bits per heavy atom. The minimum atomic E-state index is -5.35. The Balaban J connectivity index is 1.98. The maximum atomic E-state index is 14.4. The van der Waals surface area contributed by atoms with Gasteiger partial charge in [-0.25, -0.2) is 4.79 Å². The van der Waals surface area contributed by atoms with Gasteiger partial charge >= 0.3 is 17.8 Å². The maximum Gasteiger partial charge on any atom is 0.441 e. The van der Waals surface area contributed by atoms with E-state index in [2.05, 4.69) is 10.1 Å². The number of anilines is 1. The Labute approximate surface area is 197 Å². The maximum absolute atomic E-state index is 14.4. The molecule has 4 N–H and O–H groups in total. The Bertz CT molecular complexity index is 1060. The number of hydrogen-bond acceptors (Lipinski definition) is 7. The highest BCUT2D eigenvalue weighted by Gasteiger charge is 2.64. The minimum Gasteiger partial charge on any atom is -0.484 e. The number of nitrogens with two attached hydrogens (primary N) is 1. The topological polar surface area (TPSA) is 120 Å². The van der Waals surface area contributed by atoms with Gasteiger partial charge in [0.25, 0.3) is 11.8 Å². The van der Waals surface area contributed by atoms with Gasteiger partial charge in [0, 0.05) is 4.88 Å². The Kier molecular flexibility index (Phi) is 7.70. The Morgan fingerprint density at radius 2 is 1.79 bits per heavy atom. The van der Waals surface area contributed by atoms with Crippen molar-refractivity contribution in [1.29, 1.82) is 0 Å². The average molecular weight is 500 g/mol. The Hall–Kier alpha value is -3.28. The van der Waals surface area contributed by atoms with E-state index in [4.69, 9.17) is 10.5 Å². The molecule has 0 unspecified atom stereocenters. The molecule has 0 spiro atoms. The van der Waals surface area contributed by atoms with Gasteiger partial charge in [-0.2, -0.15) is 13.2 Å². The van der Waals surface area contributed by atoms with Gasteiger partial charge in [0.05, 0.1) is 12.2 Å². The summed E-state index contributed by atoms with van der Waals surface area (Å²) in [6, 6.07) is 7.98. The largest absolute Gasteiger partial charge is 0.484 e. The number of thiophene rings is 1. The van der Waals surface area contributed by atoms with Crippen LogP contribution in [0.4, 0.5) is 18.2 Å². The third kappa shape index (κ3) is 5.27. The summed E-state index contributed by atoms with van der Waals surface area (Å²) in [5, 5.41) is 3.53. The molecule has 1 aliphatic carbocycles. The molecule has 184 valence electrons. The summed E-state index contributed by atoms with van der Waals surface area (Å²) < 4.78 is 53.2. The van der Waals surface area contributed by atoms with E-state index < -0.39 is 36.2 Å². The van der Waals surface area contributed by atoms with Crippen molar-refractivity contribution in [3.05, 3.63) is 46.3 Å². The lowest BCUT2D eigenvalue weighted by Crippen LogP contribution is -2.70. The van der Waals surface area contributed by atoms with E-state index in [0.717, 1.165) is 24.2 Å². The lowest BCUT2D eigenvalue weighted by Gasteiger charge is -2.35. The number of benzene rings is 1. The summed E-state index contributed by atoms with van der Waals surface area (Å²) in [5.74, 6) is -3.69. The zero-order valence-electron chi connectivity index (χ0n) is 18.3. The van der Waals surface area contributed by atoms with Gasteiger partial charge < -0.3 is 25.8 Å². The van der Waals surface area contributed by atoms with E-state index >= 15 is 0 Å². The van der Waals surface area contributed by atoms with E-state index in [1.54, 1.807) is 23.5 Å². The minimum absolute atomic E-state index is 0.118. The molecular formula is C22H24F3N3O5S. The molecule has 2 aromatic rings. The van der Waals surface area contributed by atoms with Gasteiger partial charge in [-0.3, -0.25) is 9.59 Å². The molecule has 3 rings (SSSR count). The lowest BCUT2D eigenvalue weighted by atomic mass is 9.95. The number of esters is 1. The van der Waals surface area contributed by atoms with Crippen LogP contribution in [0.2, 0.25) is 0 Å². The number of halogens is 3. The molecule has 1 atom stereocenters. The Morgan fingerprint density at radius 1 is 1.12 bits per heavy atom. The molecule has 0 fully saturated rings. The van der Waals surface area contributed by atoms with Crippen molar-refractivity contribution in [1.82, 2.24) is 5.32 Å². The summed E-state index contributed by atoms with van der Waals surface area (Å²) >= 11 is 0.904. The van der Waals surface area contributed by atoms with Crippen LogP contribution in [0.3, 0.4) is 0 Å². The van der Waals surface area contributed by atoms with Crippen LogP contribution in [-0.4, -0.2) is 42.8 Å². The van der Waals surface area contributed by atoms with Crippen molar-refractivity contribution in [2.45, 2.75) is 44.4 Å². The molecule has 1 aliphatic rings. The van der Waals surface area contributed by atoms with E-state index in [9.17, 15) is 27.6 Å². The highest BCUT2D eigenvalue weighted by Crippen LogP contribution is 2.42. The van der Waals surface area contributed by atoms with Gasteiger partial charge in [-0.1, -0.05) is 18.2 Å². The number of hydrogen-bond donors (Lipinski definition) is 3. The van der Waals surface area contributed by atoms with Crippen LogP contribution in [0, 0.1) is 0 Å². The molecule has 1 heterocycles. The number of amides is 2. The monoisotopic (exact) mass is 499 g/mol. The fourth-order valence-electron chi connectivity index (χ4n) is 3.63. The molecule has 8 nitrogen and oxygen atoms in total. The number of carbonyl (C=O) groups is 3. The lowest BCUT2D eigenvalue weighted by molar-refractivity contribution is -0.208. The fourth-order valence-corrected chi connectivity index (χ4v) is 4.98. The van der Waals surface area contributed by atoms with E-state index in [1.165, 1.54) is 19.1 Å². The molecule has 2 amide bonds. The van der Waals surface area contributed by atoms with Crippen molar-refractivity contribution in [2.24, 2.45) is 5.73 Å². The molecule has 0 radical (unpaired) electrons. The molecule has 12 heteroatoms. The first-order valence-corrected chi connectivity index (χ1v) is 11.4. The van der Waals surface area contributed by atoms with Gasteiger partial charge in [-0.05, 0) is 50.3 Å². The number of nitrogens with one attached hydrogen (secondary N) is 2. The van der Waals surface area contributed by atoms with Gasteiger partial charge in [0.15, 0.2) is 6.61 Å². The molecule has 1 aromatic heterocycles. The van der Waals surface area contributed by atoms with Crippen molar-refractivity contribution in [3.63, 3.8) is 0 Å². The summed E-state index contributed by atoms with van der Waals surface area (Å²) in [6.45, 7) is 0.156. The van der Waals surface area contributed by atoms with Crippen LogP contribution in [-0.2, 0) is 27.2 Å². The van der Waals surface area contributed by atoms with Crippen molar-refractivity contribution >= 4 is 34.1 Å². The van der Waals surface area contributed by atoms with E-state index in [-0.39, 0.29) is 22.9 Å². The SMILES string of the molecule is CCOC(=O)[C@@](NC(=O)COc1ccccc1)(Nc1sc2c(c1C(N)=O)CCCC2)C(F)(F)F. The fraction of sp³-hybridized carbons (Fsp3) is 0.409. The predicted molar refractivity (Wildman–Crippen MR) is 119 cm³/mol. The normalized spacial score (nSPS) is 14.9. The number of fused-ring (bicyclic) bond motifs is 1. The quantitative estimate of drug-likeness (QED) is 0.360.